The average Bonchev–Trinajstić information content (AvgIpc) is 2.93. The molecule has 24 heavy (non-hydrogen) atoms. The first-order valence-corrected chi connectivity index (χ1v) is 8.62. The number of benzene rings is 2. The number of thiazole rings is 1. The molecule has 2 aromatic carbocycles. The molecule has 1 N–H and O–H groups in total. The first-order valence-electron chi connectivity index (χ1n) is 7.74. The summed E-state index contributed by atoms with van der Waals surface area (Å²) < 4.78 is 1.63. The Labute approximate surface area is 144 Å². The molecular formula is C19H18N2O2S. The quantitative estimate of drug-likeness (QED) is 0.767. The summed E-state index contributed by atoms with van der Waals surface area (Å²) in [6, 6.07) is 17.8. The van der Waals surface area contributed by atoms with Crippen LogP contribution in [0.1, 0.15) is 12.1 Å². The van der Waals surface area contributed by atoms with Gasteiger partial charge in [-0.15, -0.1) is 0 Å². The number of carbonyl (C=O) groups excluding carboxylic acids is 1. The van der Waals surface area contributed by atoms with Gasteiger partial charge in [-0.2, -0.15) is 0 Å². The number of nitrogens with one attached hydrogen (secondary N) is 1. The van der Waals surface area contributed by atoms with Crippen molar-refractivity contribution in [3.8, 4) is 11.1 Å². The van der Waals surface area contributed by atoms with E-state index < -0.39 is 0 Å². The lowest BCUT2D eigenvalue weighted by molar-refractivity contribution is -0.116. The third-order valence-corrected chi connectivity index (χ3v) is 4.70. The van der Waals surface area contributed by atoms with E-state index in [4.69, 9.17) is 0 Å². The van der Waals surface area contributed by atoms with Gasteiger partial charge >= 0.3 is 4.87 Å². The number of rotatable bonds is 5. The molecule has 0 aliphatic carbocycles. The maximum atomic E-state index is 12.1. The van der Waals surface area contributed by atoms with Crippen LogP contribution in [0.4, 0.5) is 5.69 Å². The molecule has 0 bridgehead atoms. The maximum absolute atomic E-state index is 12.1. The fourth-order valence-electron chi connectivity index (χ4n) is 2.49. The van der Waals surface area contributed by atoms with Crippen LogP contribution in [0.5, 0.6) is 0 Å². The summed E-state index contributed by atoms with van der Waals surface area (Å²) in [5, 5.41) is 4.68. The van der Waals surface area contributed by atoms with Crippen LogP contribution >= 0.6 is 11.3 Å². The number of hydrogen-bond donors (Lipinski definition) is 1. The third-order valence-electron chi connectivity index (χ3n) is 3.81. The lowest BCUT2D eigenvalue weighted by Gasteiger charge is -2.08. The number of hydrogen-bond acceptors (Lipinski definition) is 3. The molecule has 0 saturated heterocycles. The highest BCUT2D eigenvalue weighted by Gasteiger charge is 2.07. The van der Waals surface area contributed by atoms with E-state index in [1.54, 1.807) is 4.57 Å². The van der Waals surface area contributed by atoms with Crippen LogP contribution in [-0.2, 0) is 11.3 Å². The molecule has 4 nitrogen and oxygen atoms in total. The van der Waals surface area contributed by atoms with Crippen molar-refractivity contribution < 1.29 is 4.79 Å². The van der Waals surface area contributed by atoms with E-state index in [-0.39, 0.29) is 17.2 Å². The van der Waals surface area contributed by atoms with Crippen LogP contribution in [-0.4, -0.2) is 10.5 Å². The maximum Gasteiger partial charge on any atom is 0.307 e. The van der Waals surface area contributed by atoms with E-state index in [1.165, 1.54) is 0 Å². The highest BCUT2D eigenvalue weighted by Crippen LogP contribution is 2.21. The number of carbonyl (C=O) groups is 1. The minimum atomic E-state index is -0.0973. The summed E-state index contributed by atoms with van der Waals surface area (Å²) in [4.78, 5) is 23.7. The first kappa shape index (κ1) is 16.2. The van der Waals surface area contributed by atoms with E-state index in [1.807, 2.05) is 54.8 Å². The van der Waals surface area contributed by atoms with Gasteiger partial charge in [0.1, 0.15) is 0 Å². The van der Waals surface area contributed by atoms with Crippen LogP contribution in [0, 0.1) is 6.92 Å². The van der Waals surface area contributed by atoms with Gasteiger partial charge in [0.15, 0.2) is 0 Å². The average molecular weight is 338 g/mol. The van der Waals surface area contributed by atoms with Crippen LogP contribution in [0.15, 0.2) is 64.8 Å². The summed E-state index contributed by atoms with van der Waals surface area (Å²) in [6.07, 6.45) is 0.276. The van der Waals surface area contributed by atoms with Crippen molar-refractivity contribution in [1.29, 1.82) is 0 Å². The highest BCUT2D eigenvalue weighted by atomic mass is 32.1. The van der Waals surface area contributed by atoms with Crippen LogP contribution in [0.3, 0.4) is 0 Å². The highest BCUT2D eigenvalue weighted by molar-refractivity contribution is 7.07. The molecule has 0 saturated carbocycles. The number of nitrogens with zero attached hydrogens (tertiary/aromatic N) is 1. The Balaban J connectivity index is 1.60. The molecule has 0 radical (unpaired) electrons. The predicted molar refractivity (Wildman–Crippen MR) is 98.4 cm³/mol. The molecule has 0 aliphatic heterocycles. The van der Waals surface area contributed by atoms with Gasteiger partial charge < -0.3 is 9.88 Å². The lowest BCUT2D eigenvalue weighted by atomic mass is 10.1. The number of aryl methyl sites for hydroxylation is 1. The monoisotopic (exact) mass is 338 g/mol. The van der Waals surface area contributed by atoms with Gasteiger partial charge in [0, 0.05) is 29.7 Å². The summed E-state index contributed by atoms with van der Waals surface area (Å²) in [7, 11) is 0. The van der Waals surface area contributed by atoms with Crippen LogP contribution in [0.2, 0.25) is 0 Å². The van der Waals surface area contributed by atoms with Gasteiger partial charge in [-0.1, -0.05) is 53.8 Å². The number of anilines is 1. The summed E-state index contributed by atoms with van der Waals surface area (Å²) >= 11 is 1.16. The molecule has 0 spiro atoms. The molecule has 3 aromatic rings. The lowest BCUT2D eigenvalue weighted by Crippen LogP contribution is -2.20. The predicted octanol–water partition coefficient (Wildman–Crippen LogP) is 3.91. The molecule has 3 rings (SSSR count). The van der Waals surface area contributed by atoms with Crippen molar-refractivity contribution in [3.05, 3.63) is 75.3 Å². The second kappa shape index (κ2) is 7.27. The fraction of sp³-hybridized carbons (Fsp3) is 0.158. The molecule has 1 aromatic heterocycles. The second-order valence-corrected chi connectivity index (χ2v) is 6.36. The Kier molecular flexibility index (Phi) is 4.91. The minimum Gasteiger partial charge on any atom is -0.326 e. The smallest absolute Gasteiger partial charge is 0.307 e. The van der Waals surface area contributed by atoms with Gasteiger partial charge in [0.05, 0.1) is 0 Å². The van der Waals surface area contributed by atoms with Gasteiger partial charge in [-0.3, -0.25) is 9.59 Å². The molecule has 0 fully saturated rings. The Morgan fingerprint density at radius 1 is 1.04 bits per heavy atom. The molecule has 0 unspecified atom stereocenters. The molecule has 0 atom stereocenters. The first-order chi connectivity index (χ1) is 11.6. The van der Waals surface area contributed by atoms with Crippen molar-refractivity contribution in [2.45, 2.75) is 19.9 Å². The fourth-order valence-corrected chi connectivity index (χ4v) is 3.25. The van der Waals surface area contributed by atoms with Crippen molar-refractivity contribution in [2.75, 3.05) is 5.32 Å². The Morgan fingerprint density at radius 2 is 1.71 bits per heavy atom. The molecule has 1 heterocycles. The van der Waals surface area contributed by atoms with E-state index in [0.29, 0.717) is 6.54 Å². The topological polar surface area (TPSA) is 51.1 Å². The molecular weight excluding hydrogens is 320 g/mol. The Bertz CT molecular complexity index is 880. The van der Waals surface area contributed by atoms with Crippen molar-refractivity contribution in [3.63, 3.8) is 0 Å². The van der Waals surface area contributed by atoms with Gasteiger partial charge in [0.2, 0.25) is 5.91 Å². The second-order valence-electron chi connectivity index (χ2n) is 5.54. The minimum absolute atomic E-state index is 0.0208. The van der Waals surface area contributed by atoms with Crippen molar-refractivity contribution in [2.24, 2.45) is 0 Å². The Hall–Kier alpha value is -2.66. The SMILES string of the molecule is Cc1csc(=O)n1CCC(=O)Nc1ccc(-c2ccccc2)cc1. The summed E-state index contributed by atoms with van der Waals surface area (Å²) in [6.45, 7) is 2.28. The molecule has 1 amide bonds. The normalized spacial score (nSPS) is 10.5. The Morgan fingerprint density at radius 3 is 2.33 bits per heavy atom. The zero-order valence-electron chi connectivity index (χ0n) is 13.4. The zero-order valence-corrected chi connectivity index (χ0v) is 14.2. The largest absolute Gasteiger partial charge is 0.326 e. The van der Waals surface area contributed by atoms with Gasteiger partial charge in [0.25, 0.3) is 0 Å². The molecule has 122 valence electrons. The van der Waals surface area contributed by atoms with Crippen LogP contribution in [0.25, 0.3) is 11.1 Å². The molecule has 5 heteroatoms. The van der Waals surface area contributed by atoms with Gasteiger partial charge in [-0.25, -0.2) is 0 Å². The van der Waals surface area contributed by atoms with Gasteiger partial charge in [-0.05, 0) is 30.2 Å². The standard InChI is InChI=1S/C19H18N2O2S/c1-14-13-24-19(23)21(14)12-11-18(22)20-17-9-7-16(8-10-17)15-5-3-2-4-6-15/h2-10,13H,11-12H2,1H3,(H,20,22). The van der Waals surface area contributed by atoms with Crippen LogP contribution < -0.4 is 10.2 Å². The van der Waals surface area contributed by atoms with Crippen molar-refractivity contribution >= 4 is 22.9 Å². The van der Waals surface area contributed by atoms with E-state index >= 15 is 0 Å². The summed E-state index contributed by atoms with van der Waals surface area (Å²) in [5.41, 5.74) is 3.90. The number of aromatic nitrogens is 1. The summed E-state index contributed by atoms with van der Waals surface area (Å²) in [5.74, 6) is -0.0973. The van der Waals surface area contributed by atoms with E-state index in [0.717, 1.165) is 33.8 Å². The number of amides is 1. The third kappa shape index (κ3) is 3.81. The van der Waals surface area contributed by atoms with E-state index in [2.05, 4.69) is 17.4 Å². The zero-order chi connectivity index (χ0) is 16.9. The molecule has 0 aliphatic rings. The van der Waals surface area contributed by atoms with E-state index in [9.17, 15) is 9.59 Å². The van der Waals surface area contributed by atoms with Crippen molar-refractivity contribution in [1.82, 2.24) is 4.57 Å².